The quantitative estimate of drug-likeness (QED) is 0.396. The van der Waals surface area contributed by atoms with Gasteiger partial charge >= 0.3 is 11.9 Å². The van der Waals surface area contributed by atoms with E-state index in [1.54, 1.807) is 0 Å². The van der Waals surface area contributed by atoms with Crippen LogP contribution >= 0.6 is 0 Å². The second kappa shape index (κ2) is 12.2. The second-order valence-corrected chi connectivity index (χ2v) is 6.32. The van der Waals surface area contributed by atoms with Crippen LogP contribution in [0.4, 0.5) is 0 Å². The van der Waals surface area contributed by atoms with Crippen LogP contribution in [0, 0.1) is 11.8 Å². The number of rotatable bonds is 11. The lowest BCUT2D eigenvalue weighted by Crippen LogP contribution is -2.53. The Bertz CT molecular complexity index is 425. The number of carbonyl (C=O) groups is 2. The van der Waals surface area contributed by atoms with E-state index in [0.29, 0.717) is 26.4 Å². The molecule has 1 aliphatic heterocycles. The number of hydrogen-bond donors (Lipinski definition) is 0. The molecule has 0 amide bonds. The average molecular weight is 376 g/mol. The minimum atomic E-state index is -0.735. The first kappa shape index (κ1) is 22.8. The molecule has 8 heteroatoms. The molecule has 0 aromatic carbocycles. The molecule has 0 bridgehead atoms. The van der Waals surface area contributed by atoms with Gasteiger partial charge in [0.25, 0.3) is 0 Å². The smallest absolute Gasteiger partial charge is 0.303 e. The minimum Gasteiger partial charge on any atom is -0.463 e. The molecule has 0 radical (unpaired) electrons. The molecule has 0 aromatic heterocycles. The van der Waals surface area contributed by atoms with Gasteiger partial charge in [0.15, 0.2) is 12.4 Å². The summed E-state index contributed by atoms with van der Waals surface area (Å²) in [5, 5.41) is 0. The third-order valence-electron chi connectivity index (χ3n) is 4.35. The van der Waals surface area contributed by atoms with Gasteiger partial charge < -0.3 is 28.4 Å². The van der Waals surface area contributed by atoms with Gasteiger partial charge in [0.2, 0.25) is 0 Å². The van der Waals surface area contributed by atoms with Gasteiger partial charge in [-0.1, -0.05) is 13.8 Å². The van der Waals surface area contributed by atoms with Crippen LogP contribution in [0.2, 0.25) is 0 Å². The number of hydrogen-bond acceptors (Lipinski definition) is 8. The molecule has 0 aliphatic carbocycles. The van der Waals surface area contributed by atoms with Gasteiger partial charge in [0, 0.05) is 26.4 Å². The molecule has 1 fully saturated rings. The highest BCUT2D eigenvalue weighted by molar-refractivity contribution is 5.66. The maximum absolute atomic E-state index is 11.4. The summed E-state index contributed by atoms with van der Waals surface area (Å²) in [6, 6.07) is 0. The summed E-state index contributed by atoms with van der Waals surface area (Å²) in [5.74, 6) is -0.744. The molecule has 0 spiro atoms. The largest absolute Gasteiger partial charge is 0.463 e. The first-order valence-electron chi connectivity index (χ1n) is 9.09. The van der Waals surface area contributed by atoms with Gasteiger partial charge in [0.05, 0.1) is 32.5 Å². The molecule has 1 aliphatic rings. The molecule has 2 unspecified atom stereocenters. The minimum absolute atomic E-state index is 0.0166. The predicted octanol–water partition coefficient (Wildman–Crippen LogP) is 1.55. The van der Waals surface area contributed by atoms with E-state index < -0.39 is 18.4 Å². The molecule has 152 valence electrons. The summed E-state index contributed by atoms with van der Waals surface area (Å²) in [6.45, 7) is 11.0. The molecule has 1 rings (SSSR count). The molecular weight excluding hydrogens is 344 g/mol. The van der Waals surface area contributed by atoms with Gasteiger partial charge in [0.1, 0.15) is 6.61 Å². The lowest BCUT2D eigenvalue weighted by molar-refractivity contribution is -0.282. The zero-order valence-electron chi connectivity index (χ0n) is 16.4. The summed E-state index contributed by atoms with van der Waals surface area (Å²) < 4.78 is 32.8. The van der Waals surface area contributed by atoms with E-state index in [4.69, 9.17) is 28.4 Å². The Hall–Kier alpha value is -1.22. The fourth-order valence-electron chi connectivity index (χ4n) is 2.73. The Balaban J connectivity index is 2.56. The van der Waals surface area contributed by atoms with Crippen LogP contribution in [-0.2, 0) is 38.0 Å². The van der Waals surface area contributed by atoms with Gasteiger partial charge in [-0.2, -0.15) is 0 Å². The van der Waals surface area contributed by atoms with E-state index in [0.717, 1.165) is 0 Å². The Labute approximate surface area is 155 Å². The van der Waals surface area contributed by atoms with Crippen molar-refractivity contribution >= 4 is 11.9 Å². The fraction of sp³-hybridized carbons (Fsp3) is 0.889. The first-order chi connectivity index (χ1) is 12.4. The van der Waals surface area contributed by atoms with Crippen molar-refractivity contribution in [3.63, 3.8) is 0 Å². The molecule has 8 nitrogen and oxygen atoms in total. The van der Waals surface area contributed by atoms with Gasteiger partial charge in [-0.3, -0.25) is 9.59 Å². The Morgan fingerprint density at radius 2 is 1.58 bits per heavy atom. The maximum atomic E-state index is 11.4. The van der Waals surface area contributed by atoms with Crippen LogP contribution in [0.3, 0.4) is 0 Å². The predicted molar refractivity (Wildman–Crippen MR) is 92.4 cm³/mol. The van der Waals surface area contributed by atoms with Crippen molar-refractivity contribution in [3.8, 4) is 0 Å². The van der Waals surface area contributed by atoms with Crippen molar-refractivity contribution in [2.45, 2.75) is 53.1 Å². The lowest BCUT2D eigenvalue weighted by atomic mass is 9.83. The third kappa shape index (κ3) is 7.99. The molecule has 5 atom stereocenters. The van der Waals surface area contributed by atoms with Crippen molar-refractivity contribution in [3.05, 3.63) is 0 Å². The highest BCUT2D eigenvalue weighted by Crippen LogP contribution is 2.33. The van der Waals surface area contributed by atoms with Crippen molar-refractivity contribution in [2.24, 2.45) is 11.8 Å². The third-order valence-corrected chi connectivity index (χ3v) is 4.35. The Kier molecular flexibility index (Phi) is 10.7. The van der Waals surface area contributed by atoms with Crippen LogP contribution in [0.15, 0.2) is 0 Å². The normalized spacial score (nSPS) is 28.6. The van der Waals surface area contributed by atoms with Gasteiger partial charge in [-0.25, -0.2) is 0 Å². The highest BCUT2D eigenvalue weighted by Gasteiger charge is 2.44. The molecule has 26 heavy (non-hydrogen) atoms. The van der Waals surface area contributed by atoms with Crippen molar-refractivity contribution < 1.29 is 38.0 Å². The molecule has 1 saturated heterocycles. The van der Waals surface area contributed by atoms with Crippen molar-refractivity contribution in [1.29, 1.82) is 0 Å². The summed E-state index contributed by atoms with van der Waals surface area (Å²) in [7, 11) is 0. The van der Waals surface area contributed by atoms with Gasteiger partial charge in [-0.05, 0) is 12.8 Å². The summed E-state index contributed by atoms with van der Waals surface area (Å²) >= 11 is 0. The molecule has 1 heterocycles. The van der Waals surface area contributed by atoms with E-state index in [1.165, 1.54) is 13.8 Å². The van der Waals surface area contributed by atoms with Crippen molar-refractivity contribution in [1.82, 2.24) is 0 Å². The standard InChI is InChI=1S/C18H32O8/c1-6-21-7-8-22-9-10-23-18-17(25-15(5)20)13(3)12(2)16(26-18)11-24-14(4)19/h12-13,16-18H,6-11H2,1-5H3/t12-,13-,16?,17?,18-/m0/s1. The topological polar surface area (TPSA) is 89.5 Å². The van der Waals surface area contributed by atoms with E-state index in [-0.39, 0.29) is 37.1 Å². The summed E-state index contributed by atoms with van der Waals surface area (Å²) in [6.07, 6.45) is -1.59. The fourth-order valence-corrected chi connectivity index (χ4v) is 2.73. The van der Waals surface area contributed by atoms with E-state index >= 15 is 0 Å². The lowest BCUT2D eigenvalue weighted by Gasteiger charge is -2.43. The van der Waals surface area contributed by atoms with E-state index in [2.05, 4.69) is 0 Å². The number of carbonyl (C=O) groups excluding carboxylic acids is 2. The Morgan fingerprint density at radius 1 is 0.923 bits per heavy atom. The Morgan fingerprint density at radius 3 is 2.19 bits per heavy atom. The van der Waals surface area contributed by atoms with Crippen LogP contribution in [-0.4, -0.2) is 70.1 Å². The van der Waals surface area contributed by atoms with E-state index in [9.17, 15) is 9.59 Å². The molecule has 0 saturated carbocycles. The maximum Gasteiger partial charge on any atom is 0.303 e. The number of esters is 2. The molecule has 0 aromatic rings. The van der Waals surface area contributed by atoms with Crippen LogP contribution in [0.25, 0.3) is 0 Å². The van der Waals surface area contributed by atoms with Crippen LogP contribution in [0.5, 0.6) is 0 Å². The monoisotopic (exact) mass is 376 g/mol. The zero-order chi connectivity index (χ0) is 19.5. The average Bonchev–Trinajstić information content (AvgIpc) is 2.58. The highest BCUT2D eigenvalue weighted by atomic mass is 16.7. The number of ether oxygens (including phenoxy) is 6. The zero-order valence-corrected chi connectivity index (χ0v) is 16.4. The SMILES string of the molecule is CCOCCOCCO[C@H]1OC(COC(C)=O)[C@@H](C)[C@H](C)C1OC(C)=O. The second-order valence-electron chi connectivity index (χ2n) is 6.32. The van der Waals surface area contributed by atoms with E-state index in [1.807, 2.05) is 20.8 Å². The molecule has 0 N–H and O–H groups in total. The summed E-state index contributed by atoms with van der Waals surface area (Å²) in [5.41, 5.74) is 0. The van der Waals surface area contributed by atoms with Gasteiger partial charge in [-0.15, -0.1) is 0 Å². The first-order valence-corrected chi connectivity index (χ1v) is 9.09. The molecular formula is C18H32O8. The van der Waals surface area contributed by atoms with Crippen LogP contribution in [0.1, 0.15) is 34.6 Å². The van der Waals surface area contributed by atoms with Crippen LogP contribution < -0.4 is 0 Å². The van der Waals surface area contributed by atoms with Crippen molar-refractivity contribution in [2.75, 3.05) is 39.6 Å². The summed E-state index contributed by atoms with van der Waals surface area (Å²) in [4.78, 5) is 22.5.